The molecule has 13 heteroatoms. The summed E-state index contributed by atoms with van der Waals surface area (Å²) in [6, 6.07) is 6.51. The number of hydrogen-bond donors (Lipinski definition) is 2. The van der Waals surface area contributed by atoms with Crippen molar-refractivity contribution in [1.82, 2.24) is 29.9 Å². The van der Waals surface area contributed by atoms with Crippen LogP contribution in [-0.2, 0) is 16.1 Å². The van der Waals surface area contributed by atoms with Gasteiger partial charge in [0.25, 0.3) is 5.91 Å². The maximum absolute atomic E-state index is 13.1. The zero-order valence-electron chi connectivity index (χ0n) is 25.4. The van der Waals surface area contributed by atoms with Crippen molar-refractivity contribution >= 4 is 38.5 Å². The number of aromatic nitrogens is 4. The minimum Gasteiger partial charge on any atom is -0.390 e. The summed E-state index contributed by atoms with van der Waals surface area (Å²) in [4.78, 5) is 43.8. The number of anilines is 1. The van der Waals surface area contributed by atoms with E-state index in [1.165, 1.54) is 17.5 Å². The van der Waals surface area contributed by atoms with Crippen molar-refractivity contribution in [2.75, 3.05) is 25.0 Å². The lowest BCUT2D eigenvalue weighted by Crippen LogP contribution is -2.60. The lowest BCUT2D eigenvalue weighted by atomic mass is 9.78. The van der Waals surface area contributed by atoms with Crippen molar-refractivity contribution in [1.29, 1.82) is 0 Å². The summed E-state index contributed by atoms with van der Waals surface area (Å²) >= 11 is 1.46. The number of carbonyl (C=O) groups is 2. The molecule has 0 radical (unpaired) electrons. The molecule has 45 heavy (non-hydrogen) atoms. The van der Waals surface area contributed by atoms with Crippen LogP contribution in [0.15, 0.2) is 41.3 Å². The second-order valence-corrected chi connectivity index (χ2v) is 13.4. The van der Waals surface area contributed by atoms with E-state index in [4.69, 9.17) is 9.26 Å². The lowest BCUT2D eigenvalue weighted by molar-refractivity contribution is -0.125. The van der Waals surface area contributed by atoms with Crippen LogP contribution in [0.2, 0.25) is 0 Å². The molecule has 0 spiro atoms. The maximum Gasteiger partial charge on any atom is 0.259 e. The Labute approximate surface area is 264 Å². The predicted octanol–water partition coefficient (Wildman–Crippen LogP) is 4.04. The van der Waals surface area contributed by atoms with Crippen LogP contribution in [0.1, 0.15) is 61.0 Å². The van der Waals surface area contributed by atoms with Gasteiger partial charge in [-0.05, 0) is 63.6 Å². The molecule has 3 atom stereocenters. The molecule has 2 saturated carbocycles. The van der Waals surface area contributed by atoms with Crippen molar-refractivity contribution in [2.45, 2.75) is 76.9 Å². The van der Waals surface area contributed by atoms with E-state index >= 15 is 0 Å². The summed E-state index contributed by atoms with van der Waals surface area (Å²) in [5, 5.41) is 17.3. The minimum absolute atomic E-state index is 0.00580. The van der Waals surface area contributed by atoms with Gasteiger partial charge in [0.1, 0.15) is 17.9 Å². The van der Waals surface area contributed by atoms with Gasteiger partial charge in [-0.25, -0.2) is 15.0 Å². The highest BCUT2D eigenvalue weighted by atomic mass is 32.1. The highest BCUT2D eigenvalue weighted by molar-refractivity contribution is 7.22. The van der Waals surface area contributed by atoms with Crippen LogP contribution in [0.4, 0.5) is 5.13 Å². The minimum atomic E-state index is -0.401. The quantitative estimate of drug-likeness (QED) is 0.292. The van der Waals surface area contributed by atoms with E-state index in [2.05, 4.69) is 37.2 Å². The molecule has 1 aliphatic heterocycles. The predicted molar refractivity (Wildman–Crippen MR) is 168 cm³/mol. The van der Waals surface area contributed by atoms with E-state index in [0.717, 1.165) is 60.0 Å². The van der Waals surface area contributed by atoms with E-state index in [0.29, 0.717) is 41.4 Å². The SMILES string of the molecule is Cc1oncc1C(=O)N1CCN([C@H]2C[C@@H](C(=O)Nc3nc4ccc(-c5cnc(CO[C@H]6CCC[C@@H]6O)nc5)cc4s3)C2)[C@@H](C)C1. The molecule has 0 bridgehead atoms. The standard InChI is InChI=1S/C32H37N7O5S/c1-18-16-38(31(42)24-15-35-44-19(24)2)8-9-39(18)23-10-21(11-23)30(41)37-32-36-25-7-6-20(12-28(25)45-32)22-13-33-29(34-14-22)17-43-27-5-3-4-26(27)40/h6-7,12-15,18,21,23,26-27,40H,3-5,8-11,16-17H2,1-2H3,(H,36,37,41)/t18-,21-,23+,26-,27-/m0/s1. The summed E-state index contributed by atoms with van der Waals surface area (Å²) in [5.41, 5.74) is 3.20. The first-order chi connectivity index (χ1) is 21.8. The number of benzene rings is 1. The average Bonchev–Trinajstić information content (AvgIpc) is 3.74. The number of aliphatic hydroxyl groups excluding tert-OH is 1. The lowest BCUT2D eigenvalue weighted by Gasteiger charge is -2.49. The van der Waals surface area contributed by atoms with Gasteiger partial charge in [0.15, 0.2) is 11.0 Å². The summed E-state index contributed by atoms with van der Waals surface area (Å²) < 4.78 is 11.8. The van der Waals surface area contributed by atoms with Crippen molar-refractivity contribution in [3.05, 3.63) is 53.9 Å². The molecule has 2 N–H and O–H groups in total. The number of nitrogens with zero attached hydrogens (tertiary/aromatic N) is 6. The molecule has 3 aromatic heterocycles. The number of aliphatic hydroxyl groups is 1. The van der Waals surface area contributed by atoms with Gasteiger partial charge in [0, 0.05) is 55.6 Å². The molecule has 1 aromatic carbocycles. The fourth-order valence-corrected chi connectivity index (χ4v) is 7.58. The second kappa shape index (κ2) is 12.5. The molecule has 4 heterocycles. The normalized spacial score (nSPS) is 25.4. The number of ether oxygens (including phenoxy) is 1. The first-order valence-corrected chi connectivity index (χ1v) is 16.4. The first kappa shape index (κ1) is 29.9. The fraction of sp³-hybridized carbons (Fsp3) is 0.500. The average molecular weight is 632 g/mol. The van der Waals surface area contributed by atoms with Gasteiger partial charge < -0.3 is 24.6 Å². The molecule has 4 aromatic rings. The number of thiazole rings is 1. The molecule has 1 saturated heterocycles. The zero-order valence-corrected chi connectivity index (χ0v) is 26.2. The van der Waals surface area contributed by atoms with Gasteiger partial charge >= 0.3 is 0 Å². The van der Waals surface area contributed by atoms with Crippen molar-refractivity contribution in [3.8, 4) is 11.1 Å². The van der Waals surface area contributed by atoms with Crippen molar-refractivity contribution < 1.29 is 24.0 Å². The Morgan fingerprint density at radius 3 is 2.67 bits per heavy atom. The van der Waals surface area contributed by atoms with Crippen LogP contribution < -0.4 is 5.32 Å². The highest BCUT2D eigenvalue weighted by Crippen LogP contribution is 2.36. The number of piperazine rings is 1. The van der Waals surface area contributed by atoms with Crippen LogP contribution in [0.25, 0.3) is 21.3 Å². The fourth-order valence-electron chi connectivity index (χ4n) is 6.67. The van der Waals surface area contributed by atoms with Gasteiger partial charge in [0.2, 0.25) is 5.91 Å². The molecule has 3 fully saturated rings. The Balaban J connectivity index is 0.906. The molecule has 2 amide bonds. The van der Waals surface area contributed by atoms with E-state index in [9.17, 15) is 14.7 Å². The van der Waals surface area contributed by atoms with E-state index in [1.54, 1.807) is 19.3 Å². The topological polar surface area (TPSA) is 147 Å². The van der Waals surface area contributed by atoms with Crippen LogP contribution in [-0.4, -0.2) is 90.8 Å². The number of amides is 2. The van der Waals surface area contributed by atoms with Gasteiger partial charge in [-0.2, -0.15) is 0 Å². The van der Waals surface area contributed by atoms with E-state index in [1.807, 2.05) is 23.1 Å². The molecule has 0 unspecified atom stereocenters. The second-order valence-electron chi connectivity index (χ2n) is 12.4. The Hall–Kier alpha value is -3.78. The number of hydrogen-bond acceptors (Lipinski definition) is 11. The summed E-state index contributed by atoms with van der Waals surface area (Å²) in [6.45, 7) is 6.24. The van der Waals surface area contributed by atoms with Gasteiger partial charge in [-0.1, -0.05) is 22.6 Å². The molecule has 7 rings (SSSR count). The van der Waals surface area contributed by atoms with Gasteiger partial charge in [-0.15, -0.1) is 0 Å². The van der Waals surface area contributed by atoms with Crippen molar-refractivity contribution in [3.63, 3.8) is 0 Å². The smallest absolute Gasteiger partial charge is 0.259 e. The number of rotatable bonds is 8. The molecule has 12 nitrogen and oxygen atoms in total. The van der Waals surface area contributed by atoms with Crippen LogP contribution >= 0.6 is 11.3 Å². The van der Waals surface area contributed by atoms with Crippen LogP contribution in [0.3, 0.4) is 0 Å². The molecule has 2 aliphatic carbocycles. The number of aryl methyl sites for hydroxylation is 1. The number of carbonyl (C=O) groups excluding carboxylic acids is 2. The molecule has 236 valence electrons. The number of nitrogens with one attached hydrogen (secondary N) is 1. The Bertz CT molecular complexity index is 1680. The highest BCUT2D eigenvalue weighted by Gasteiger charge is 2.42. The van der Waals surface area contributed by atoms with Crippen molar-refractivity contribution in [2.24, 2.45) is 5.92 Å². The largest absolute Gasteiger partial charge is 0.390 e. The third-order valence-electron chi connectivity index (χ3n) is 9.40. The molecule has 3 aliphatic rings. The Kier molecular flexibility index (Phi) is 8.34. The van der Waals surface area contributed by atoms with Crippen LogP contribution in [0.5, 0.6) is 0 Å². The van der Waals surface area contributed by atoms with E-state index in [-0.39, 0.29) is 36.5 Å². The van der Waals surface area contributed by atoms with Gasteiger partial charge in [-0.3, -0.25) is 14.5 Å². The molecular weight excluding hydrogens is 594 g/mol. The number of fused-ring (bicyclic) bond motifs is 1. The third kappa shape index (κ3) is 6.22. The maximum atomic E-state index is 13.1. The third-order valence-corrected chi connectivity index (χ3v) is 10.3. The molecular formula is C32H37N7O5S. The Morgan fingerprint density at radius 2 is 1.96 bits per heavy atom. The summed E-state index contributed by atoms with van der Waals surface area (Å²) in [7, 11) is 0. The monoisotopic (exact) mass is 631 g/mol. The zero-order chi connectivity index (χ0) is 31.1. The summed E-state index contributed by atoms with van der Waals surface area (Å²) in [6.07, 6.45) is 8.74. The van der Waals surface area contributed by atoms with Gasteiger partial charge in [0.05, 0.1) is 28.6 Å². The first-order valence-electron chi connectivity index (χ1n) is 15.6. The summed E-state index contributed by atoms with van der Waals surface area (Å²) in [5.74, 6) is 1.04. The Morgan fingerprint density at radius 1 is 1.13 bits per heavy atom. The van der Waals surface area contributed by atoms with Crippen LogP contribution in [0, 0.1) is 12.8 Å². The van der Waals surface area contributed by atoms with E-state index < -0.39 is 6.10 Å².